The van der Waals surface area contributed by atoms with E-state index in [0.29, 0.717) is 11.6 Å². The quantitative estimate of drug-likeness (QED) is 0.379. The molecule has 1 aromatic rings. The predicted octanol–water partition coefficient (Wildman–Crippen LogP) is 3.88. The molecule has 19 heavy (non-hydrogen) atoms. The Balaban J connectivity index is 3.35. The van der Waals surface area contributed by atoms with E-state index in [0.717, 1.165) is 24.1 Å². The third-order valence-electron chi connectivity index (χ3n) is 2.83. The molecule has 0 bridgehead atoms. The standard InChI is InChI=1S/C14H21N3O2/c1-5-10(4)16-14-12(15)7-11(6-9(2)3)8-13(14)17(18)19/h7-9H,5-6,15H2,1-4H3. The van der Waals surface area contributed by atoms with Crippen molar-refractivity contribution in [3.05, 3.63) is 27.8 Å². The van der Waals surface area contributed by atoms with Crippen LogP contribution in [0.15, 0.2) is 17.1 Å². The number of nitro benzene ring substituents is 1. The molecule has 0 heterocycles. The highest BCUT2D eigenvalue weighted by Crippen LogP contribution is 2.35. The minimum absolute atomic E-state index is 0.0107. The molecule has 0 amide bonds. The van der Waals surface area contributed by atoms with E-state index in [1.165, 1.54) is 0 Å². The first-order valence-corrected chi connectivity index (χ1v) is 6.46. The fraction of sp³-hybridized carbons (Fsp3) is 0.500. The van der Waals surface area contributed by atoms with E-state index in [9.17, 15) is 10.1 Å². The van der Waals surface area contributed by atoms with Crippen LogP contribution in [0.4, 0.5) is 17.1 Å². The molecule has 0 aliphatic rings. The highest BCUT2D eigenvalue weighted by atomic mass is 16.6. The summed E-state index contributed by atoms with van der Waals surface area (Å²) in [6.07, 6.45) is 1.51. The molecule has 0 fully saturated rings. The van der Waals surface area contributed by atoms with Gasteiger partial charge in [0, 0.05) is 11.8 Å². The Kier molecular flexibility index (Phi) is 5.03. The Labute approximate surface area is 113 Å². The largest absolute Gasteiger partial charge is 0.397 e. The van der Waals surface area contributed by atoms with E-state index in [2.05, 4.69) is 18.8 Å². The Hall–Kier alpha value is -1.91. The summed E-state index contributed by atoms with van der Waals surface area (Å²) in [5, 5.41) is 11.2. The molecule has 1 rings (SSSR count). The van der Waals surface area contributed by atoms with Crippen molar-refractivity contribution in [2.45, 2.75) is 40.5 Å². The van der Waals surface area contributed by atoms with Crippen LogP contribution in [0.2, 0.25) is 0 Å². The SMILES string of the molecule is CCC(C)=Nc1c(N)cc(CC(C)C)cc1[N+](=O)[O-]. The number of nitro groups is 1. The number of benzene rings is 1. The van der Waals surface area contributed by atoms with Crippen LogP contribution in [0.1, 0.15) is 39.7 Å². The molecule has 104 valence electrons. The van der Waals surface area contributed by atoms with Crippen molar-refractivity contribution < 1.29 is 4.92 Å². The number of hydrogen-bond donors (Lipinski definition) is 1. The van der Waals surface area contributed by atoms with E-state index in [1.807, 2.05) is 13.8 Å². The van der Waals surface area contributed by atoms with Crippen molar-refractivity contribution in [1.82, 2.24) is 0 Å². The lowest BCUT2D eigenvalue weighted by Gasteiger charge is -2.09. The Morgan fingerprint density at radius 2 is 2.11 bits per heavy atom. The summed E-state index contributed by atoms with van der Waals surface area (Å²) in [6.45, 7) is 7.92. The maximum absolute atomic E-state index is 11.2. The fourth-order valence-corrected chi connectivity index (χ4v) is 1.82. The van der Waals surface area contributed by atoms with Crippen molar-refractivity contribution in [2.24, 2.45) is 10.9 Å². The number of hydrogen-bond acceptors (Lipinski definition) is 4. The normalized spacial score (nSPS) is 11.9. The second kappa shape index (κ2) is 6.31. The number of nitrogens with zero attached hydrogens (tertiary/aromatic N) is 2. The lowest BCUT2D eigenvalue weighted by Crippen LogP contribution is -2.00. The van der Waals surface area contributed by atoms with Gasteiger partial charge in [0.25, 0.3) is 5.69 Å². The number of nitrogens with two attached hydrogens (primary N) is 1. The van der Waals surface area contributed by atoms with E-state index < -0.39 is 4.92 Å². The molecule has 1 aromatic carbocycles. The average Bonchev–Trinajstić information content (AvgIpc) is 2.30. The summed E-state index contributed by atoms with van der Waals surface area (Å²) < 4.78 is 0. The monoisotopic (exact) mass is 263 g/mol. The zero-order chi connectivity index (χ0) is 14.6. The minimum atomic E-state index is -0.415. The van der Waals surface area contributed by atoms with Gasteiger partial charge in [-0.1, -0.05) is 20.8 Å². The molecule has 5 nitrogen and oxygen atoms in total. The van der Waals surface area contributed by atoms with Gasteiger partial charge in [0.2, 0.25) is 0 Å². The van der Waals surface area contributed by atoms with Gasteiger partial charge < -0.3 is 5.73 Å². The predicted molar refractivity (Wildman–Crippen MR) is 79.1 cm³/mol. The summed E-state index contributed by atoms with van der Waals surface area (Å²) in [5.74, 6) is 0.422. The van der Waals surface area contributed by atoms with Crippen LogP contribution < -0.4 is 5.73 Å². The van der Waals surface area contributed by atoms with Gasteiger partial charge in [-0.05, 0) is 37.3 Å². The second-order valence-corrected chi connectivity index (χ2v) is 5.11. The van der Waals surface area contributed by atoms with Gasteiger partial charge >= 0.3 is 0 Å². The Bertz CT molecular complexity index is 508. The first-order chi connectivity index (χ1) is 8.85. The molecule has 0 aliphatic carbocycles. The van der Waals surface area contributed by atoms with Crippen molar-refractivity contribution in [1.29, 1.82) is 0 Å². The molecular formula is C14H21N3O2. The number of aliphatic imine (C=N–C) groups is 1. The van der Waals surface area contributed by atoms with Crippen LogP contribution in [0, 0.1) is 16.0 Å². The van der Waals surface area contributed by atoms with Gasteiger partial charge in [-0.2, -0.15) is 0 Å². The van der Waals surface area contributed by atoms with Crippen LogP contribution in [-0.2, 0) is 6.42 Å². The van der Waals surface area contributed by atoms with E-state index >= 15 is 0 Å². The van der Waals surface area contributed by atoms with Crippen LogP contribution >= 0.6 is 0 Å². The molecule has 0 aliphatic heterocycles. The van der Waals surface area contributed by atoms with E-state index in [-0.39, 0.29) is 11.4 Å². The zero-order valence-corrected chi connectivity index (χ0v) is 11.9. The summed E-state index contributed by atoms with van der Waals surface area (Å²) in [6, 6.07) is 3.37. The molecular weight excluding hydrogens is 242 g/mol. The fourth-order valence-electron chi connectivity index (χ4n) is 1.82. The number of nitrogen functional groups attached to an aromatic ring is 1. The average molecular weight is 263 g/mol. The number of anilines is 1. The third-order valence-corrected chi connectivity index (χ3v) is 2.83. The van der Waals surface area contributed by atoms with Crippen LogP contribution in [0.5, 0.6) is 0 Å². The van der Waals surface area contributed by atoms with Crippen molar-refractivity contribution in [3.8, 4) is 0 Å². The summed E-state index contributed by atoms with van der Waals surface area (Å²) >= 11 is 0. The molecule has 0 aromatic heterocycles. The molecule has 0 atom stereocenters. The van der Waals surface area contributed by atoms with Crippen LogP contribution in [-0.4, -0.2) is 10.6 Å². The van der Waals surface area contributed by atoms with Gasteiger partial charge in [-0.3, -0.25) is 10.1 Å². The Morgan fingerprint density at radius 1 is 1.47 bits per heavy atom. The smallest absolute Gasteiger partial charge is 0.297 e. The lowest BCUT2D eigenvalue weighted by atomic mass is 10.0. The first-order valence-electron chi connectivity index (χ1n) is 6.46. The minimum Gasteiger partial charge on any atom is -0.397 e. The van der Waals surface area contributed by atoms with Gasteiger partial charge in [-0.25, -0.2) is 4.99 Å². The molecule has 0 spiro atoms. The van der Waals surface area contributed by atoms with Crippen LogP contribution in [0.3, 0.4) is 0 Å². The summed E-state index contributed by atoms with van der Waals surface area (Å²) in [7, 11) is 0. The van der Waals surface area contributed by atoms with Crippen molar-refractivity contribution in [3.63, 3.8) is 0 Å². The zero-order valence-electron chi connectivity index (χ0n) is 11.9. The molecule has 2 N–H and O–H groups in total. The van der Waals surface area contributed by atoms with Gasteiger partial charge in [0.1, 0.15) is 0 Å². The molecule has 5 heteroatoms. The molecule has 0 unspecified atom stereocenters. The van der Waals surface area contributed by atoms with Gasteiger partial charge in [-0.15, -0.1) is 0 Å². The third kappa shape index (κ3) is 4.05. The molecule has 0 saturated heterocycles. The maximum Gasteiger partial charge on any atom is 0.297 e. The van der Waals surface area contributed by atoms with Gasteiger partial charge in [0.15, 0.2) is 5.69 Å². The van der Waals surface area contributed by atoms with E-state index in [4.69, 9.17) is 5.73 Å². The van der Waals surface area contributed by atoms with Crippen molar-refractivity contribution in [2.75, 3.05) is 5.73 Å². The highest BCUT2D eigenvalue weighted by molar-refractivity contribution is 5.88. The molecule has 0 saturated carbocycles. The van der Waals surface area contributed by atoms with Crippen molar-refractivity contribution >= 4 is 22.8 Å². The Morgan fingerprint density at radius 3 is 2.58 bits per heavy atom. The first kappa shape index (κ1) is 15.1. The lowest BCUT2D eigenvalue weighted by molar-refractivity contribution is -0.384. The summed E-state index contributed by atoms with van der Waals surface area (Å²) in [4.78, 5) is 15.0. The van der Waals surface area contributed by atoms with E-state index in [1.54, 1.807) is 12.1 Å². The molecule has 0 radical (unpaired) electrons. The number of rotatable bonds is 5. The van der Waals surface area contributed by atoms with Gasteiger partial charge in [0.05, 0.1) is 10.6 Å². The second-order valence-electron chi connectivity index (χ2n) is 5.11. The van der Waals surface area contributed by atoms with Crippen LogP contribution in [0.25, 0.3) is 0 Å². The highest BCUT2D eigenvalue weighted by Gasteiger charge is 2.18. The topological polar surface area (TPSA) is 81.5 Å². The summed E-state index contributed by atoms with van der Waals surface area (Å²) in [5.41, 5.74) is 8.27. The maximum atomic E-state index is 11.2.